The second-order valence-electron chi connectivity index (χ2n) is 9.46. The summed E-state index contributed by atoms with van der Waals surface area (Å²) in [5.74, 6) is 0.257. The molecule has 0 radical (unpaired) electrons. The quantitative estimate of drug-likeness (QED) is 0.781. The van der Waals surface area contributed by atoms with Gasteiger partial charge < -0.3 is 15.2 Å². The Bertz CT molecular complexity index is 776. The van der Waals surface area contributed by atoms with Crippen LogP contribution >= 0.6 is 0 Å². The highest BCUT2D eigenvalue weighted by Gasteiger charge is 2.56. The van der Waals surface area contributed by atoms with E-state index in [4.69, 9.17) is 9.84 Å². The summed E-state index contributed by atoms with van der Waals surface area (Å²) >= 11 is 0. The van der Waals surface area contributed by atoms with Crippen LogP contribution in [0.2, 0.25) is 0 Å². The maximum Gasteiger partial charge on any atom is 0.341 e. The van der Waals surface area contributed by atoms with E-state index >= 15 is 0 Å². The number of aliphatic carboxylic acids is 1. The van der Waals surface area contributed by atoms with E-state index < -0.39 is 23.7 Å². The number of carbonyl (C=O) groups excluding carboxylic acids is 1. The Labute approximate surface area is 164 Å². The summed E-state index contributed by atoms with van der Waals surface area (Å²) in [4.78, 5) is 23.9. The van der Waals surface area contributed by atoms with Gasteiger partial charge in [0.25, 0.3) is 0 Å². The third kappa shape index (κ3) is 3.49. The Kier molecular flexibility index (Phi) is 4.63. The van der Waals surface area contributed by atoms with Crippen molar-refractivity contribution in [2.75, 3.05) is 6.61 Å². The lowest BCUT2D eigenvalue weighted by molar-refractivity contribution is -0.139. The van der Waals surface area contributed by atoms with Crippen LogP contribution in [-0.2, 0) is 15.0 Å². The van der Waals surface area contributed by atoms with Crippen molar-refractivity contribution >= 4 is 11.9 Å². The minimum Gasteiger partial charge on any atom is -0.482 e. The first-order valence-electron chi connectivity index (χ1n) is 10.1. The van der Waals surface area contributed by atoms with Crippen molar-refractivity contribution in [2.24, 2.45) is 17.8 Å². The number of halogens is 1. The second kappa shape index (κ2) is 6.75. The highest BCUT2D eigenvalue weighted by Crippen LogP contribution is 2.57. The van der Waals surface area contributed by atoms with Gasteiger partial charge in [0.1, 0.15) is 11.4 Å². The number of carboxylic acids is 1. The van der Waals surface area contributed by atoms with Gasteiger partial charge in [-0.05, 0) is 81.4 Å². The topological polar surface area (TPSA) is 75.6 Å². The van der Waals surface area contributed by atoms with Crippen molar-refractivity contribution < 1.29 is 23.8 Å². The maximum absolute atomic E-state index is 14.9. The highest BCUT2D eigenvalue weighted by molar-refractivity contribution is 5.87. The highest BCUT2D eigenvalue weighted by atomic mass is 19.1. The molecule has 0 aromatic heterocycles. The monoisotopic (exact) mass is 389 g/mol. The van der Waals surface area contributed by atoms with Gasteiger partial charge in [-0.1, -0.05) is 12.1 Å². The first-order chi connectivity index (χ1) is 13.2. The average Bonchev–Trinajstić information content (AvgIpc) is 2.61. The van der Waals surface area contributed by atoms with Gasteiger partial charge >= 0.3 is 5.97 Å². The molecule has 1 amide bonds. The predicted molar refractivity (Wildman–Crippen MR) is 102 cm³/mol. The molecule has 5 rings (SSSR count). The van der Waals surface area contributed by atoms with Gasteiger partial charge in [0.2, 0.25) is 5.91 Å². The average molecular weight is 389 g/mol. The van der Waals surface area contributed by atoms with Crippen LogP contribution < -0.4 is 10.1 Å². The van der Waals surface area contributed by atoms with Crippen molar-refractivity contribution in [2.45, 2.75) is 63.1 Å². The standard InChI is InChI=1S/C22H28FNO4/c1-21(2,16-4-3-5-17(8-16)28-12-18(25)26)20(27)24-19-14-6-13-7-15(19)11-22(23,9-13)10-14/h3-5,8,13-15,19H,6-7,9-12H2,1-2H3,(H,24,27)(H,25,26)/t13?,14-,15+,19?,22?. The molecule has 152 valence electrons. The summed E-state index contributed by atoms with van der Waals surface area (Å²) in [7, 11) is 0. The fourth-order valence-corrected chi connectivity index (χ4v) is 5.74. The molecule has 1 aromatic rings. The largest absolute Gasteiger partial charge is 0.482 e. The number of ether oxygens (including phenoxy) is 1. The van der Waals surface area contributed by atoms with Gasteiger partial charge in [-0.25, -0.2) is 9.18 Å². The minimum absolute atomic E-state index is 0.0543. The molecule has 5 nitrogen and oxygen atoms in total. The normalized spacial score (nSPS) is 33.5. The van der Waals surface area contributed by atoms with Crippen LogP contribution in [0.3, 0.4) is 0 Å². The van der Waals surface area contributed by atoms with Crippen LogP contribution in [0.25, 0.3) is 0 Å². The summed E-state index contributed by atoms with van der Waals surface area (Å²) < 4.78 is 20.1. The molecule has 4 aliphatic carbocycles. The molecule has 4 bridgehead atoms. The lowest BCUT2D eigenvalue weighted by Crippen LogP contribution is -2.61. The molecule has 4 saturated carbocycles. The molecule has 0 heterocycles. The van der Waals surface area contributed by atoms with Gasteiger partial charge in [-0.3, -0.25) is 4.79 Å². The van der Waals surface area contributed by atoms with Crippen molar-refractivity contribution in [1.82, 2.24) is 5.32 Å². The van der Waals surface area contributed by atoms with Crippen molar-refractivity contribution in [3.63, 3.8) is 0 Å². The number of nitrogens with one attached hydrogen (secondary N) is 1. The number of alkyl halides is 1. The summed E-state index contributed by atoms with van der Waals surface area (Å²) in [6.45, 7) is 3.28. The molecule has 0 saturated heterocycles. The van der Waals surface area contributed by atoms with E-state index in [1.807, 2.05) is 19.9 Å². The third-order valence-corrected chi connectivity index (χ3v) is 6.98. The van der Waals surface area contributed by atoms with Gasteiger partial charge in [-0.15, -0.1) is 0 Å². The van der Waals surface area contributed by atoms with Gasteiger partial charge in [0.15, 0.2) is 6.61 Å². The zero-order chi connectivity index (χ0) is 20.1. The molecular weight excluding hydrogens is 361 g/mol. The first kappa shape index (κ1) is 19.2. The van der Waals surface area contributed by atoms with Gasteiger partial charge in [0.05, 0.1) is 5.41 Å². The zero-order valence-corrected chi connectivity index (χ0v) is 16.4. The van der Waals surface area contributed by atoms with E-state index in [1.54, 1.807) is 18.2 Å². The molecule has 4 aliphatic rings. The number of carbonyl (C=O) groups is 2. The molecule has 5 atom stereocenters. The maximum atomic E-state index is 14.9. The zero-order valence-electron chi connectivity index (χ0n) is 16.4. The Balaban J connectivity index is 1.47. The van der Waals surface area contributed by atoms with Crippen LogP contribution in [0.1, 0.15) is 51.5 Å². The number of hydrogen-bond acceptors (Lipinski definition) is 3. The summed E-state index contributed by atoms with van der Waals surface area (Å²) in [5, 5.41) is 12.0. The summed E-state index contributed by atoms with van der Waals surface area (Å²) in [6, 6.07) is 7.06. The molecule has 28 heavy (non-hydrogen) atoms. The molecule has 1 aromatic carbocycles. The second-order valence-corrected chi connectivity index (χ2v) is 9.46. The van der Waals surface area contributed by atoms with E-state index in [2.05, 4.69) is 5.32 Å². The van der Waals surface area contributed by atoms with Crippen LogP contribution in [0.4, 0.5) is 4.39 Å². The summed E-state index contributed by atoms with van der Waals surface area (Å²) in [5.41, 5.74) is -1.05. The Morgan fingerprint density at radius 3 is 2.54 bits per heavy atom. The van der Waals surface area contributed by atoms with Crippen LogP contribution in [0, 0.1) is 17.8 Å². The van der Waals surface area contributed by atoms with Crippen molar-refractivity contribution in [1.29, 1.82) is 0 Å². The van der Waals surface area contributed by atoms with Gasteiger partial charge in [0, 0.05) is 6.04 Å². The molecular formula is C22H28FNO4. The number of rotatable bonds is 6. The number of hydrogen-bond donors (Lipinski definition) is 2. The van der Waals surface area contributed by atoms with E-state index in [-0.39, 0.29) is 23.8 Å². The number of amides is 1. The molecule has 2 N–H and O–H groups in total. The van der Waals surface area contributed by atoms with Crippen LogP contribution in [0.15, 0.2) is 24.3 Å². The SMILES string of the molecule is CC(C)(C(=O)NC1[C@@H]2CC3C[C@H]1CC(F)(C3)C2)c1cccc(OCC(=O)O)c1. The van der Waals surface area contributed by atoms with E-state index in [0.717, 1.165) is 18.4 Å². The molecule has 0 spiro atoms. The Morgan fingerprint density at radius 2 is 1.93 bits per heavy atom. The first-order valence-corrected chi connectivity index (χ1v) is 10.1. The number of carboxylic acid groups (broad SMARTS) is 1. The van der Waals surface area contributed by atoms with Gasteiger partial charge in [-0.2, -0.15) is 0 Å². The smallest absolute Gasteiger partial charge is 0.341 e. The lowest BCUT2D eigenvalue weighted by atomic mass is 9.53. The Morgan fingerprint density at radius 1 is 1.25 bits per heavy atom. The fraction of sp³-hybridized carbons (Fsp3) is 0.636. The van der Waals surface area contributed by atoms with E-state index in [0.29, 0.717) is 30.9 Å². The molecule has 3 unspecified atom stereocenters. The fourth-order valence-electron chi connectivity index (χ4n) is 5.74. The van der Waals surface area contributed by atoms with E-state index in [9.17, 15) is 14.0 Å². The van der Waals surface area contributed by atoms with E-state index in [1.165, 1.54) is 0 Å². The van der Waals surface area contributed by atoms with Crippen molar-refractivity contribution in [3.8, 4) is 5.75 Å². The lowest BCUT2D eigenvalue weighted by Gasteiger charge is -2.57. The molecule has 0 aliphatic heterocycles. The third-order valence-electron chi connectivity index (χ3n) is 6.98. The predicted octanol–water partition coefficient (Wildman–Crippen LogP) is 3.46. The minimum atomic E-state index is -1.05. The van der Waals surface area contributed by atoms with Crippen LogP contribution in [-0.4, -0.2) is 35.3 Å². The van der Waals surface area contributed by atoms with Crippen LogP contribution in [0.5, 0.6) is 5.75 Å². The summed E-state index contributed by atoms with van der Waals surface area (Å²) in [6.07, 6.45) is 3.89. The molecule has 4 fully saturated rings. The van der Waals surface area contributed by atoms with Crippen molar-refractivity contribution in [3.05, 3.63) is 29.8 Å². The molecule has 6 heteroatoms. The Hall–Kier alpha value is -2.11. The number of benzene rings is 1.